The molecule has 6 nitrogen and oxygen atoms in total. The maximum Gasteiger partial charge on any atom is 0.397 e. The Morgan fingerprint density at radius 2 is 0.800 bits per heavy atom. The maximum atomic E-state index is 10.2. The molecule has 0 spiro atoms. The molecule has 0 aromatic heterocycles. The quantitative estimate of drug-likeness (QED) is 0.0785. The molecule has 35 heavy (non-hydrogen) atoms. The summed E-state index contributed by atoms with van der Waals surface area (Å²) in [6.07, 6.45) is 22.9. The van der Waals surface area contributed by atoms with Crippen LogP contribution < -0.4 is 0 Å². The summed E-state index contributed by atoms with van der Waals surface area (Å²) >= 11 is 0. The van der Waals surface area contributed by atoms with Crippen molar-refractivity contribution in [3.63, 3.8) is 0 Å². The number of nitrogens with zero attached hydrogens (tertiary/aromatic N) is 1. The van der Waals surface area contributed by atoms with Crippen molar-refractivity contribution in [2.24, 2.45) is 0 Å². The number of rotatable bonds is 24. The Kier molecular flexibility index (Phi) is 31.9. The summed E-state index contributed by atoms with van der Waals surface area (Å²) in [6, 6.07) is 0. The zero-order chi connectivity index (χ0) is 26.0. The second-order valence-electron chi connectivity index (χ2n) is 10.1. The molecule has 0 atom stereocenters. The van der Waals surface area contributed by atoms with Crippen LogP contribution in [0.25, 0.3) is 0 Å². The van der Waals surface area contributed by atoms with E-state index >= 15 is 0 Å². The Labute approximate surface area is 220 Å². The highest BCUT2D eigenvalue weighted by Crippen LogP contribution is 2.16. The Morgan fingerprint density at radius 1 is 0.514 bits per heavy atom. The van der Waals surface area contributed by atoms with Crippen LogP contribution in [-0.4, -0.2) is 55.7 Å². The molecule has 0 unspecified atom stereocenters. The summed E-state index contributed by atoms with van der Waals surface area (Å²) in [5, 5.41) is 0. The molecule has 216 valence electrons. The maximum absolute atomic E-state index is 10.2. The van der Waals surface area contributed by atoms with E-state index in [1.807, 2.05) is 0 Å². The van der Waals surface area contributed by atoms with Crippen LogP contribution in [0.2, 0.25) is 0 Å². The smallest absolute Gasteiger partial charge is 0.397 e. The van der Waals surface area contributed by atoms with Crippen molar-refractivity contribution in [3.8, 4) is 0 Å². The lowest BCUT2D eigenvalue weighted by Crippen LogP contribution is -2.50. The number of quaternary nitrogens is 1. The minimum absolute atomic E-state index is 0. The van der Waals surface area contributed by atoms with Gasteiger partial charge in [-0.15, -0.1) is 0 Å². The van der Waals surface area contributed by atoms with E-state index in [0.29, 0.717) is 6.42 Å². The van der Waals surface area contributed by atoms with Crippen molar-refractivity contribution in [3.05, 3.63) is 0 Å². The Hall–Kier alpha value is -0.210. The van der Waals surface area contributed by atoms with E-state index in [2.05, 4.69) is 38.8 Å². The van der Waals surface area contributed by atoms with Crippen molar-refractivity contribution < 1.29 is 27.1 Å². The van der Waals surface area contributed by atoms with Crippen molar-refractivity contribution >= 4 is 10.4 Å². The molecule has 3 N–H and O–H groups in total. The Bertz CT molecular complexity index is 462. The molecule has 0 aliphatic carbocycles. The van der Waals surface area contributed by atoms with Crippen LogP contribution in [-0.2, 0) is 14.6 Å². The van der Waals surface area contributed by atoms with Gasteiger partial charge in [-0.25, -0.2) is 4.18 Å². The minimum Gasteiger partial charge on any atom is -0.412 e. The summed E-state index contributed by atoms with van der Waals surface area (Å²) in [5.74, 6) is 0. The first-order valence-electron chi connectivity index (χ1n) is 14.8. The fraction of sp³-hybridized carbons (Fsp3) is 1.00. The lowest BCUT2D eigenvalue weighted by molar-refractivity contribution is -0.929. The largest absolute Gasteiger partial charge is 0.412 e. The van der Waals surface area contributed by atoms with Crippen LogP contribution in [0.5, 0.6) is 0 Å². The predicted octanol–water partition coefficient (Wildman–Crippen LogP) is 7.91. The van der Waals surface area contributed by atoms with Gasteiger partial charge in [0.15, 0.2) is 0 Å². The average Bonchev–Trinajstić information content (AvgIpc) is 2.81. The molecule has 0 aromatic carbocycles. The first kappa shape index (κ1) is 39.3. The van der Waals surface area contributed by atoms with Crippen molar-refractivity contribution in [2.45, 2.75) is 150 Å². The zero-order valence-corrected chi connectivity index (χ0v) is 25.1. The lowest BCUT2D eigenvalue weighted by Gasteiger charge is -2.39. The first-order chi connectivity index (χ1) is 16.3. The highest BCUT2D eigenvalue weighted by Gasteiger charge is 2.24. The van der Waals surface area contributed by atoms with Gasteiger partial charge in [0, 0.05) is 0 Å². The van der Waals surface area contributed by atoms with Gasteiger partial charge in [0.1, 0.15) is 0 Å². The molecule has 0 saturated carbocycles. The van der Waals surface area contributed by atoms with Crippen molar-refractivity contribution in [1.82, 2.24) is 0 Å². The van der Waals surface area contributed by atoms with Gasteiger partial charge < -0.3 is 9.96 Å². The zero-order valence-electron chi connectivity index (χ0n) is 24.3. The third-order valence-corrected chi connectivity index (χ3v) is 7.14. The van der Waals surface area contributed by atoms with Gasteiger partial charge >= 0.3 is 10.4 Å². The Morgan fingerprint density at radius 3 is 1.09 bits per heavy atom. The van der Waals surface area contributed by atoms with E-state index in [4.69, 9.17) is 4.55 Å². The van der Waals surface area contributed by atoms with Gasteiger partial charge in [-0.3, -0.25) is 4.55 Å². The summed E-state index contributed by atoms with van der Waals surface area (Å²) in [7, 11) is -4.23. The molecule has 0 heterocycles. The topological polar surface area (TPSA) is 95.1 Å². The molecule has 0 aliphatic rings. The first-order valence-corrected chi connectivity index (χ1v) is 16.1. The van der Waals surface area contributed by atoms with Crippen LogP contribution in [0.15, 0.2) is 0 Å². The summed E-state index contributed by atoms with van der Waals surface area (Å²) in [5.41, 5.74) is 0. The van der Waals surface area contributed by atoms with Crippen LogP contribution in [0.1, 0.15) is 150 Å². The second kappa shape index (κ2) is 28.4. The fourth-order valence-electron chi connectivity index (χ4n) is 4.40. The molecule has 0 radical (unpaired) electrons. The van der Waals surface area contributed by atoms with E-state index in [9.17, 15) is 8.42 Å². The van der Waals surface area contributed by atoms with Crippen molar-refractivity contribution in [2.75, 3.05) is 32.8 Å². The third-order valence-electron chi connectivity index (χ3n) is 6.67. The van der Waals surface area contributed by atoms with Crippen LogP contribution in [0.3, 0.4) is 0 Å². The molecular formula is C28H64NO5S+. The van der Waals surface area contributed by atoms with E-state index < -0.39 is 10.4 Å². The van der Waals surface area contributed by atoms with E-state index in [1.54, 1.807) is 0 Å². The van der Waals surface area contributed by atoms with Gasteiger partial charge in [0.2, 0.25) is 0 Å². The molecule has 0 saturated heterocycles. The van der Waals surface area contributed by atoms with Gasteiger partial charge in [-0.2, -0.15) is 8.42 Å². The van der Waals surface area contributed by atoms with E-state index in [-0.39, 0.29) is 12.1 Å². The summed E-state index contributed by atoms with van der Waals surface area (Å²) in [6.45, 7) is 17.3. The molecule has 0 amide bonds. The number of hydrogen-bond donors (Lipinski definition) is 1. The third kappa shape index (κ3) is 29.9. The fourth-order valence-corrected chi connectivity index (χ4v) is 4.73. The van der Waals surface area contributed by atoms with Gasteiger partial charge in [-0.05, 0) is 32.1 Å². The number of hydrogen-bond acceptors (Lipinski definition) is 3. The normalized spacial score (nSPS) is 11.6. The molecule has 0 rings (SSSR count). The van der Waals surface area contributed by atoms with E-state index in [1.165, 1.54) is 127 Å². The predicted molar refractivity (Wildman–Crippen MR) is 152 cm³/mol. The number of unbranched alkanes of at least 4 members (excludes halogenated alkanes) is 13. The highest BCUT2D eigenvalue weighted by atomic mass is 32.3. The molecule has 7 heteroatoms. The van der Waals surface area contributed by atoms with Crippen molar-refractivity contribution in [1.29, 1.82) is 0 Å². The molecular weight excluding hydrogens is 462 g/mol. The lowest BCUT2D eigenvalue weighted by atomic mass is 10.1. The van der Waals surface area contributed by atoms with Crippen LogP contribution in [0, 0.1) is 0 Å². The van der Waals surface area contributed by atoms with Crippen LogP contribution in [0.4, 0.5) is 0 Å². The highest BCUT2D eigenvalue weighted by molar-refractivity contribution is 7.80. The van der Waals surface area contributed by atoms with Gasteiger partial charge in [0.05, 0.1) is 32.8 Å². The molecule has 0 aliphatic heterocycles. The second-order valence-corrected chi connectivity index (χ2v) is 11.2. The standard InChI is InChI=1S/C16H36N.C12H26O4S.H2O/c1-5-9-13-17(14-10-6-2,15-11-7-3)16-12-8-4;1-2-3-4-5-6-7-8-9-10-11-12-16-17(13,14)15;/h5-16H2,1-4H3;2-12H2,1H3,(H,13,14,15);1H2/q+1;;. The van der Waals surface area contributed by atoms with Gasteiger partial charge in [-0.1, -0.05) is 118 Å². The molecule has 0 fully saturated rings. The summed E-state index contributed by atoms with van der Waals surface area (Å²) < 4.78 is 34.4. The minimum atomic E-state index is -4.23. The molecule has 0 bridgehead atoms. The van der Waals surface area contributed by atoms with E-state index in [0.717, 1.165) is 12.8 Å². The van der Waals surface area contributed by atoms with Gasteiger partial charge in [0.25, 0.3) is 0 Å². The monoisotopic (exact) mass is 526 g/mol. The molecule has 0 aromatic rings. The van der Waals surface area contributed by atoms with Crippen LogP contribution >= 0.6 is 0 Å². The SMILES string of the molecule is CCCCCCCCCCCCOS(=O)(=O)O.CCCC[N+](CCCC)(CCCC)CCCC.O. The average molecular weight is 527 g/mol. The Balaban J connectivity index is -0.000000569. The summed E-state index contributed by atoms with van der Waals surface area (Å²) in [4.78, 5) is 0.